The van der Waals surface area contributed by atoms with E-state index in [0.29, 0.717) is 13.1 Å². The third-order valence-electron chi connectivity index (χ3n) is 4.82. The van der Waals surface area contributed by atoms with Gasteiger partial charge in [0.25, 0.3) is 12.9 Å². The van der Waals surface area contributed by atoms with Crippen LogP contribution < -0.4 is 0 Å². The van der Waals surface area contributed by atoms with Gasteiger partial charge in [-0.1, -0.05) is 6.92 Å². The van der Waals surface area contributed by atoms with Crippen molar-refractivity contribution in [2.24, 2.45) is 5.41 Å². The molecule has 2 aliphatic heterocycles. The number of hydrogen-bond acceptors (Lipinski definition) is 6. The van der Waals surface area contributed by atoms with E-state index in [-0.39, 0.29) is 30.3 Å². The highest BCUT2D eigenvalue weighted by molar-refractivity contribution is 5.83. The van der Waals surface area contributed by atoms with Crippen molar-refractivity contribution in [3.05, 3.63) is 0 Å². The van der Waals surface area contributed by atoms with E-state index in [4.69, 9.17) is 19.8 Å². The van der Waals surface area contributed by atoms with Gasteiger partial charge in [-0.15, -0.1) is 0 Å². The van der Waals surface area contributed by atoms with Crippen LogP contribution in [-0.2, 0) is 14.4 Å². The Balaban J connectivity index is 0.000000844. The van der Waals surface area contributed by atoms with Crippen molar-refractivity contribution in [1.29, 1.82) is 0 Å². The predicted octanol–water partition coefficient (Wildman–Crippen LogP) is -0.747. The van der Waals surface area contributed by atoms with Gasteiger partial charge in [0, 0.05) is 18.5 Å². The van der Waals surface area contributed by atoms with Crippen molar-refractivity contribution in [3.63, 3.8) is 0 Å². The number of piperidine rings is 1. The Morgan fingerprint density at radius 2 is 1.56 bits per heavy atom. The summed E-state index contributed by atoms with van der Waals surface area (Å²) < 4.78 is 0. The third-order valence-corrected chi connectivity index (χ3v) is 4.82. The number of nitrogens with zero attached hydrogens (tertiary/aromatic N) is 3. The number of aliphatic hydroxyl groups is 1. The van der Waals surface area contributed by atoms with E-state index < -0.39 is 6.10 Å². The Bertz CT molecular complexity index is 418. The molecule has 0 radical (unpaired) electrons. The number of amides is 1. The molecule has 0 saturated carbocycles. The molecule has 9 nitrogen and oxygen atoms in total. The molecule has 2 fully saturated rings. The maximum atomic E-state index is 12.7. The number of carbonyl (C=O) groups excluding carboxylic acids is 1. The van der Waals surface area contributed by atoms with Crippen LogP contribution in [0.25, 0.3) is 0 Å². The van der Waals surface area contributed by atoms with Gasteiger partial charge in [0.1, 0.15) is 0 Å². The van der Waals surface area contributed by atoms with Gasteiger partial charge < -0.3 is 30.0 Å². The quantitative estimate of drug-likeness (QED) is 0.550. The molecule has 0 bridgehead atoms. The van der Waals surface area contributed by atoms with E-state index in [0.717, 1.165) is 25.9 Å². The highest BCUT2D eigenvalue weighted by Crippen LogP contribution is 2.34. The van der Waals surface area contributed by atoms with Crippen LogP contribution >= 0.6 is 0 Å². The van der Waals surface area contributed by atoms with Gasteiger partial charge in [-0.05, 0) is 47.1 Å². The Kier molecular flexibility index (Phi) is 10.3. The lowest BCUT2D eigenvalue weighted by Gasteiger charge is -2.39. The van der Waals surface area contributed by atoms with Crippen molar-refractivity contribution in [2.45, 2.75) is 31.9 Å². The first kappa shape index (κ1) is 23.3. The summed E-state index contributed by atoms with van der Waals surface area (Å²) in [5, 5.41) is 23.8. The molecule has 3 N–H and O–H groups in total. The second-order valence-corrected chi connectivity index (χ2v) is 6.88. The van der Waals surface area contributed by atoms with Crippen LogP contribution in [0.3, 0.4) is 0 Å². The smallest absolute Gasteiger partial charge is 0.290 e. The molecule has 0 aromatic carbocycles. The summed E-state index contributed by atoms with van der Waals surface area (Å²) in [4.78, 5) is 35.6. The maximum absolute atomic E-state index is 12.7. The number of rotatable bonds is 2. The molecule has 1 amide bonds. The number of aliphatic hydroxyl groups excluding tert-OH is 1. The topological polar surface area (TPSA) is 122 Å². The van der Waals surface area contributed by atoms with E-state index in [9.17, 15) is 9.90 Å². The third kappa shape index (κ3) is 6.97. The number of β-amino-alcohol motifs (C(OH)–C–C–N with tert-alkyl or cyclic N) is 1. The minimum absolute atomic E-state index is 0.0683. The molecular weight excluding hydrogens is 330 g/mol. The maximum Gasteiger partial charge on any atom is 0.290 e. The predicted molar refractivity (Wildman–Crippen MR) is 92.3 cm³/mol. The number of likely N-dealkylation sites (N-methyl/N-ethyl adjacent to an activating group) is 1. The molecule has 0 aromatic heterocycles. The van der Waals surface area contributed by atoms with Crippen LogP contribution in [0.15, 0.2) is 0 Å². The van der Waals surface area contributed by atoms with Gasteiger partial charge in [0.05, 0.1) is 12.1 Å². The molecule has 146 valence electrons. The van der Waals surface area contributed by atoms with Gasteiger partial charge in [0.2, 0.25) is 5.91 Å². The average Bonchev–Trinajstić information content (AvgIpc) is 2.93. The fourth-order valence-electron chi connectivity index (χ4n) is 3.15. The Morgan fingerprint density at radius 3 is 1.92 bits per heavy atom. The lowest BCUT2D eigenvalue weighted by Crippen LogP contribution is -2.48. The Labute approximate surface area is 148 Å². The van der Waals surface area contributed by atoms with E-state index in [1.54, 1.807) is 0 Å². The summed E-state index contributed by atoms with van der Waals surface area (Å²) in [5.74, 6) is 0.226. The van der Waals surface area contributed by atoms with E-state index in [2.05, 4.69) is 18.9 Å². The molecule has 0 aromatic rings. The first-order valence-electron chi connectivity index (χ1n) is 8.15. The monoisotopic (exact) mass is 361 g/mol. The molecule has 0 aliphatic carbocycles. The summed E-state index contributed by atoms with van der Waals surface area (Å²) in [6.45, 7) is 4.68. The van der Waals surface area contributed by atoms with Crippen molar-refractivity contribution in [3.8, 4) is 0 Å². The second kappa shape index (κ2) is 11.0. The Hall–Kier alpha value is -1.71. The minimum Gasteiger partial charge on any atom is -0.483 e. The SMILES string of the molecule is CN1CCC(C)(C(=O)N2C[C@H](O)[C@@H](N(C)C)C2)CC1.O=CO.O=CO. The molecule has 2 aliphatic rings. The summed E-state index contributed by atoms with van der Waals surface area (Å²) >= 11 is 0. The van der Waals surface area contributed by atoms with E-state index >= 15 is 0 Å². The molecule has 0 unspecified atom stereocenters. The fourth-order valence-corrected chi connectivity index (χ4v) is 3.15. The number of carboxylic acid groups (broad SMARTS) is 2. The van der Waals surface area contributed by atoms with E-state index in [1.165, 1.54) is 0 Å². The molecule has 0 spiro atoms. The van der Waals surface area contributed by atoms with Crippen LogP contribution in [0.1, 0.15) is 19.8 Å². The fraction of sp³-hybridized carbons (Fsp3) is 0.812. The molecule has 2 saturated heterocycles. The van der Waals surface area contributed by atoms with Gasteiger partial charge in [-0.25, -0.2) is 0 Å². The van der Waals surface area contributed by atoms with Crippen molar-refractivity contribution in [2.75, 3.05) is 47.3 Å². The second-order valence-electron chi connectivity index (χ2n) is 6.88. The first-order chi connectivity index (χ1) is 11.7. The van der Waals surface area contributed by atoms with Crippen LogP contribution in [0.5, 0.6) is 0 Å². The van der Waals surface area contributed by atoms with Gasteiger partial charge in [-0.2, -0.15) is 0 Å². The lowest BCUT2D eigenvalue weighted by atomic mass is 9.79. The molecule has 2 atom stereocenters. The van der Waals surface area contributed by atoms with Crippen LogP contribution in [-0.4, -0.2) is 108 Å². The largest absolute Gasteiger partial charge is 0.483 e. The van der Waals surface area contributed by atoms with Gasteiger partial charge in [-0.3, -0.25) is 14.4 Å². The van der Waals surface area contributed by atoms with Crippen LogP contribution in [0.2, 0.25) is 0 Å². The number of hydrogen-bond donors (Lipinski definition) is 3. The summed E-state index contributed by atoms with van der Waals surface area (Å²) in [5.41, 5.74) is -0.243. The van der Waals surface area contributed by atoms with Crippen LogP contribution in [0.4, 0.5) is 0 Å². The van der Waals surface area contributed by atoms with Gasteiger partial charge in [0.15, 0.2) is 0 Å². The Morgan fingerprint density at radius 1 is 1.12 bits per heavy atom. The standard InChI is InChI=1S/C14H27N3O2.2CH2O2/c1-14(5-7-16(4)8-6-14)13(19)17-9-11(15(2)3)12(18)10-17;2*2-1-3/h11-12,18H,5-10H2,1-4H3;2*1H,(H,2,3)/t11-,12-;;/m0../s1. The minimum atomic E-state index is -0.422. The average molecular weight is 361 g/mol. The summed E-state index contributed by atoms with van der Waals surface area (Å²) in [6, 6.07) is 0.0683. The molecule has 2 rings (SSSR count). The van der Waals surface area contributed by atoms with E-state index in [1.807, 2.05) is 23.9 Å². The van der Waals surface area contributed by atoms with Gasteiger partial charge >= 0.3 is 0 Å². The molecule has 9 heteroatoms. The lowest BCUT2D eigenvalue weighted by molar-refractivity contribution is -0.143. The zero-order valence-electron chi connectivity index (χ0n) is 15.5. The highest BCUT2D eigenvalue weighted by atomic mass is 16.3. The normalized spacial score (nSPS) is 25.3. The van der Waals surface area contributed by atoms with Crippen molar-refractivity contribution >= 4 is 18.9 Å². The molecular formula is C16H31N3O6. The van der Waals surface area contributed by atoms with Crippen molar-refractivity contribution < 1.29 is 29.7 Å². The van der Waals surface area contributed by atoms with Crippen molar-refractivity contribution in [1.82, 2.24) is 14.7 Å². The molecule has 25 heavy (non-hydrogen) atoms. The number of likely N-dealkylation sites (tertiary alicyclic amines) is 2. The zero-order chi connectivity index (χ0) is 19.6. The van der Waals surface area contributed by atoms with Crippen LogP contribution in [0, 0.1) is 5.41 Å². The highest BCUT2D eigenvalue weighted by Gasteiger charge is 2.43. The first-order valence-corrected chi connectivity index (χ1v) is 8.15. The summed E-state index contributed by atoms with van der Waals surface area (Å²) in [7, 11) is 6.02. The summed E-state index contributed by atoms with van der Waals surface area (Å²) in [6.07, 6.45) is 1.41. The zero-order valence-corrected chi connectivity index (χ0v) is 15.5. The number of carbonyl (C=O) groups is 3. The molecule has 2 heterocycles.